The maximum atomic E-state index is 13.4. The Morgan fingerprint density at radius 2 is 2.00 bits per heavy atom. The Kier molecular flexibility index (Phi) is 4.66. The van der Waals surface area contributed by atoms with Crippen LogP contribution in [0.5, 0.6) is 0 Å². The first kappa shape index (κ1) is 16.9. The molecule has 9 heteroatoms. The van der Waals surface area contributed by atoms with E-state index in [0.29, 0.717) is 16.5 Å². The third-order valence-electron chi connectivity index (χ3n) is 3.58. The number of nitrogen functional groups attached to an aromatic ring is 1. The van der Waals surface area contributed by atoms with Crippen molar-refractivity contribution in [2.75, 3.05) is 5.84 Å². The molecule has 0 spiro atoms. The van der Waals surface area contributed by atoms with Gasteiger partial charge in [-0.05, 0) is 24.6 Å². The molecule has 0 saturated carbocycles. The summed E-state index contributed by atoms with van der Waals surface area (Å²) < 4.78 is 14.7. The number of nitrogens with zero attached hydrogens (tertiary/aromatic N) is 4. The van der Waals surface area contributed by atoms with Crippen molar-refractivity contribution in [2.24, 2.45) is 0 Å². The van der Waals surface area contributed by atoms with Crippen molar-refractivity contribution in [1.82, 2.24) is 14.9 Å². The van der Waals surface area contributed by atoms with Crippen LogP contribution >= 0.6 is 11.8 Å². The van der Waals surface area contributed by atoms with E-state index < -0.39 is 4.92 Å². The molecule has 128 valence electrons. The van der Waals surface area contributed by atoms with Gasteiger partial charge in [0.05, 0.1) is 4.92 Å². The van der Waals surface area contributed by atoms with Gasteiger partial charge in [-0.3, -0.25) is 10.1 Å². The summed E-state index contributed by atoms with van der Waals surface area (Å²) in [5.41, 5.74) is 1.32. The summed E-state index contributed by atoms with van der Waals surface area (Å²) in [4.78, 5) is 10.5. The fraction of sp³-hybridized carbons (Fsp3) is 0.125. The molecule has 0 unspecified atom stereocenters. The highest BCUT2D eigenvalue weighted by Gasteiger charge is 2.18. The van der Waals surface area contributed by atoms with Crippen LogP contribution in [0.3, 0.4) is 0 Å². The number of hydrogen-bond donors (Lipinski definition) is 1. The fourth-order valence-corrected chi connectivity index (χ4v) is 3.19. The molecule has 7 nitrogen and oxygen atoms in total. The smallest absolute Gasteiger partial charge is 0.269 e. The third-order valence-corrected chi connectivity index (χ3v) is 4.69. The number of nitro groups is 1. The average Bonchev–Trinajstić information content (AvgIpc) is 2.95. The molecule has 3 aromatic rings. The molecule has 0 aliphatic carbocycles. The molecule has 0 aliphatic heterocycles. The number of rotatable bonds is 5. The van der Waals surface area contributed by atoms with E-state index in [1.807, 2.05) is 6.92 Å². The minimum Gasteiger partial charge on any atom is -0.335 e. The van der Waals surface area contributed by atoms with Gasteiger partial charge in [0.25, 0.3) is 5.69 Å². The molecule has 2 aromatic carbocycles. The third kappa shape index (κ3) is 3.61. The van der Waals surface area contributed by atoms with Crippen LogP contribution in [0.25, 0.3) is 11.4 Å². The van der Waals surface area contributed by atoms with Gasteiger partial charge in [-0.15, -0.1) is 10.2 Å². The van der Waals surface area contributed by atoms with Crippen molar-refractivity contribution in [1.29, 1.82) is 0 Å². The molecular weight excluding hydrogens is 345 g/mol. The Morgan fingerprint density at radius 1 is 1.24 bits per heavy atom. The van der Waals surface area contributed by atoms with Gasteiger partial charge < -0.3 is 5.84 Å². The van der Waals surface area contributed by atoms with Crippen molar-refractivity contribution < 1.29 is 9.31 Å². The van der Waals surface area contributed by atoms with Gasteiger partial charge in [0.2, 0.25) is 5.16 Å². The van der Waals surface area contributed by atoms with Crippen LogP contribution in [0.2, 0.25) is 0 Å². The maximum Gasteiger partial charge on any atom is 0.269 e. The Morgan fingerprint density at radius 3 is 2.72 bits per heavy atom. The van der Waals surface area contributed by atoms with E-state index in [2.05, 4.69) is 10.2 Å². The first-order valence-electron chi connectivity index (χ1n) is 7.33. The van der Waals surface area contributed by atoms with Gasteiger partial charge in [-0.25, -0.2) is 9.07 Å². The number of hydrogen-bond acceptors (Lipinski definition) is 6. The van der Waals surface area contributed by atoms with Gasteiger partial charge in [0.15, 0.2) is 5.82 Å². The molecule has 1 heterocycles. The molecule has 25 heavy (non-hydrogen) atoms. The van der Waals surface area contributed by atoms with Gasteiger partial charge >= 0.3 is 0 Å². The highest BCUT2D eigenvalue weighted by atomic mass is 32.2. The van der Waals surface area contributed by atoms with Gasteiger partial charge in [0, 0.05) is 22.9 Å². The second kappa shape index (κ2) is 6.89. The van der Waals surface area contributed by atoms with Crippen molar-refractivity contribution in [3.05, 3.63) is 70.0 Å². The Hall–Kier alpha value is -2.94. The molecule has 0 saturated heterocycles. The van der Waals surface area contributed by atoms with Crippen molar-refractivity contribution in [3.63, 3.8) is 0 Å². The zero-order valence-electron chi connectivity index (χ0n) is 13.2. The van der Waals surface area contributed by atoms with Crippen LogP contribution < -0.4 is 5.84 Å². The summed E-state index contributed by atoms with van der Waals surface area (Å²) in [6.45, 7) is 1.89. The maximum absolute atomic E-state index is 13.4. The first-order valence-corrected chi connectivity index (χ1v) is 8.21. The topological polar surface area (TPSA) is 99.9 Å². The molecule has 3 rings (SSSR count). The van der Waals surface area contributed by atoms with E-state index in [9.17, 15) is 14.5 Å². The number of non-ortho nitro benzene ring substituents is 1. The zero-order valence-corrected chi connectivity index (χ0v) is 14.0. The molecule has 1 atom stereocenters. The molecular formula is C16H14FN5O2S. The lowest BCUT2D eigenvalue weighted by atomic mass is 10.1. The monoisotopic (exact) mass is 359 g/mol. The first-order chi connectivity index (χ1) is 12.0. The lowest BCUT2D eigenvalue weighted by Gasteiger charge is -2.11. The molecule has 0 bridgehead atoms. The van der Waals surface area contributed by atoms with Crippen molar-refractivity contribution in [3.8, 4) is 11.4 Å². The van der Waals surface area contributed by atoms with E-state index in [-0.39, 0.29) is 16.8 Å². The lowest BCUT2D eigenvalue weighted by molar-refractivity contribution is -0.384. The molecule has 0 amide bonds. The number of thioether (sulfide) groups is 1. The van der Waals surface area contributed by atoms with Crippen molar-refractivity contribution >= 4 is 17.4 Å². The fourth-order valence-electron chi connectivity index (χ4n) is 2.30. The summed E-state index contributed by atoms with van der Waals surface area (Å²) in [6, 6.07) is 12.3. The van der Waals surface area contributed by atoms with E-state index in [4.69, 9.17) is 5.84 Å². The van der Waals surface area contributed by atoms with E-state index in [1.54, 1.807) is 24.3 Å². The zero-order chi connectivity index (χ0) is 18.0. The minimum atomic E-state index is -0.436. The standard InChI is InChI=1S/C16H14FN5O2S/c1-10(11-4-3-7-14(9-11)22(23)24)25-16-20-19-15(21(16)18)12-5-2-6-13(17)8-12/h2-10H,18H2,1H3/t10-/m0/s1. The Balaban J connectivity index is 1.84. The molecule has 1 aromatic heterocycles. The highest BCUT2D eigenvalue weighted by Crippen LogP contribution is 2.35. The molecule has 0 aliphatic rings. The largest absolute Gasteiger partial charge is 0.335 e. The normalized spacial score (nSPS) is 12.1. The van der Waals surface area contributed by atoms with Gasteiger partial charge in [-0.1, -0.05) is 36.0 Å². The number of benzene rings is 2. The van der Waals surface area contributed by atoms with Gasteiger partial charge in [-0.2, -0.15) is 0 Å². The van der Waals surface area contributed by atoms with E-state index in [1.165, 1.54) is 40.7 Å². The van der Waals surface area contributed by atoms with Crippen LogP contribution in [-0.4, -0.2) is 19.8 Å². The SMILES string of the molecule is C[C@H](Sc1nnc(-c2cccc(F)c2)n1N)c1cccc([N+](=O)[O-])c1. The van der Waals surface area contributed by atoms with E-state index >= 15 is 0 Å². The number of nitro benzene ring substituents is 1. The summed E-state index contributed by atoms with van der Waals surface area (Å²) >= 11 is 1.31. The second-order valence-electron chi connectivity index (χ2n) is 5.30. The number of halogens is 1. The summed E-state index contributed by atoms with van der Waals surface area (Å²) in [5.74, 6) is 5.98. The molecule has 2 N–H and O–H groups in total. The Labute approximate surface area is 146 Å². The highest BCUT2D eigenvalue weighted by molar-refractivity contribution is 7.99. The van der Waals surface area contributed by atoms with Crippen LogP contribution in [0.4, 0.5) is 10.1 Å². The number of nitrogens with two attached hydrogens (primary N) is 1. The summed E-state index contributed by atoms with van der Waals surface area (Å²) in [7, 11) is 0. The lowest BCUT2D eigenvalue weighted by Crippen LogP contribution is -2.12. The van der Waals surface area contributed by atoms with E-state index in [0.717, 1.165) is 5.56 Å². The predicted octanol–water partition coefficient (Wildman–Crippen LogP) is 3.56. The van der Waals surface area contributed by atoms with Crippen LogP contribution in [-0.2, 0) is 0 Å². The minimum absolute atomic E-state index is 0.0274. The van der Waals surface area contributed by atoms with Gasteiger partial charge in [0.1, 0.15) is 5.82 Å². The summed E-state index contributed by atoms with van der Waals surface area (Å²) in [5, 5.41) is 19.2. The average molecular weight is 359 g/mol. The van der Waals surface area contributed by atoms with Crippen LogP contribution in [0.15, 0.2) is 53.7 Å². The quantitative estimate of drug-likeness (QED) is 0.324. The van der Waals surface area contributed by atoms with Crippen LogP contribution in [0.1, 0.15) is 17.7 Å². The molecule has 0 radical (unpaired) electrons. The van der Waals surface area contributed by atoms with Crippen molar-refractivity contribution in [2.45, 2.75) is 17.3 Å². The number of aromatic nitrogens is 3. The predicted molar refractivity (Wildman–Crippen MR) is 92.9 cm³/mol. The van der Waals surface area contributed by atoms with Crippen LogP contribution in [0, 0.1) is 15.9 Å². The Bertz CT molecular complexity index is 930. The summed E-state index contributed by atoms with van der Waals surface area (Å²) in [6.07, 6.45) is 0. The molecule has 0 fully saturated rings. The second-order valence-corrected chi connectivity index (χ2v) is 6.61.